The van der Waals surface area contributed by atoms with E-state index < -0.39 is 17.7 Å². The predicted octanol–water partition coefficient (Wildman–Crippen LogP) is 2.48. The zero-order valence-corrected chi connectivity index (χ0v) is 19.0. The number of rotatable bonds is 5. The second kappa shape index (κ2) is 8.62. The van der Waals surface area contributed by atoms with Crippen molar-refractivity contribution >= 4 is 17.7 Å². The molecule has 5 rings (SSSR count). The molecule has 1 fully saturated rings. The van der Waals surface area contributed by atoms with Gasteiger partial charge >= 0.3 is 5.97 Å². The van der Waals surface area contributed by atoms with E-state index in [1.54, 1.807) is 30.5 Å². The lowest BCUT2D eigenvalue weighted by atomic mass is 9.91. The molecule has 2 aliphatic rings. The molecule has 0 spiro atoms. The number of fused-ring (bicyclic) bond motifs is 3. The summed E-state index contributed by atoms with van der Waals surface area (Å²) in [6.07, 6.45) is 2.63. The smallest absolute Gasteiger partial charge is 0.348 e. The van der Waals surface area contributed by atoms with Crippen molar-refractivity contribution in [3.8, 4) is 11.1 Å². The lowest BCUT2D eigenvalue weighted by molar-refractivity contribution is -0.909. The van der Waals surface area contributed by atoms with Crippen LogP contribution >= 0.6 is 0 Å². The van der Waals surface area contributed by atoms with Crippen LogP contribution in [0.4, 0.5) is 5.82 Å². The highest BCUT2D eigenvalue weighted by atomic mass is 16.6. The van der Waals surface area contributed by atoms with E-state index in [1.165, 1.54) is 0 Å². The summed E-state index contributed by atoms with van der Waals surface area (Å²) in [5, 5.41) is 22.1. The molecule has 3 aromatic rings. The minimum absolute atomic E-state index is 0.174. The molecule has 0 radical (unpaired) electrons. The zero-order valence-electron chi connectivity index (χ0n) is 19.0. The molecule has 1 amide bonds. The summed E-state index contributed by atoms with van der Waals surface area (Å²) in [4.78, 5) is 26.1. The Bertz CT molecular complexity index is 1190. The fraction of sp³-hybridized carbons (Fsp3) is 0.308. The van der Waals surface area contributed by atoms with E-state index in [9.17, 15) is 14.7 Å². The average molecular weight is 460 g/mol. The van der Waals surface area contributed by atoms with Gasteiger partial charge in [0.1, 0.15) is 6.54 Å². The molecule has 0 bridgehead atoms. The summed E-state index contributed by atoms with van der Waals surface area (Å²) >= 11 is 0. The van der Waals surface area contributed by atoms with Crippen molar-refractivity contribution in [3.05, 3.63) is 78.0 Å². The van der Waals surface area contributed by atoms with Gasteiger partial charge in [0.2, 0.25) is 5.60 Å². The molecule has 1 aliphatic heterocycles. The number of likely N-dealkylation sites (tertiary alicyclic amines) is 1. The number of likely N-dealkylation sites (N-methyl/N-ethyl adjacent to an activating group) is 1. The van der Waals surface area contributed by atoms with Crippen LogP contribution < -0.4 is 5.32 Å². The van der Waals surface area contributed by atoms with E-state index >= 15 is 0 Å². The van der Waals surface area contributed by atoms with Crippen molar-refractivity contribution in [2.45, 2.75) is 24.5 Å². The van der Waals surface area contributed by atoms with Gasteiger partial charge in [-0.25, -0.2) is 4.79 Å². The van der Waals surface area contributed by atoms with Crippen LogP contribution in [0.25, 0.3) is 11.1 Å². The Morgan fingerprint density at radius 2 is 1.76 bits per heavy atom. The molecule has 1 saturated heterocycles. The summed E-state index contributed by atoms with van der Waals surface area (Å²) in [5.41, 5.74) is 0.900. The van der Waals surface area contributed by atoms with Crippen molar-refractivity contribution in [3.63, 3.8) is 0 Å². The number of esters is 1. The van der Waals surface area contributed by atoms with Crippen molar-refractivity contribution in [2.24, 2.45) is 0 Å². The van der Waals surface area contributed by atoms with Crippen LogP contribution in [0.1, 0.15) is 24.0 Å². The molecule has 2 heterocycles. The number of amides is 1. The first-order chi connectivity index (χ1) is 16.4. The average Bonchev–Trinajstić information content (AvgIpc) is 3.09. The first-order valence-electron chi connectivity index (χ1n) is 11.4. The number of nitrogens with zero attached hydrogens (tertiary/aromatic N) is 3. The second-order valence-electron chi connectivity index (χ2n) is 9.31. The van der Waals surface area contributed by atoms with Gasteiger partial charge in [0.25, 0.3) is 5.91 Å². The Hall–Kier alpha value is -3.62. The summed E-state index contributed by atoms with van der Waals surface area (Å²) in [6.45, 7) is 1.50. The minimum Gasteiger partial charge on any atom is -0.454 e. The van der Waals surface area contributed by atoms with E-state index in [2.05, 4.69) is 15.5 Å². The Morgan fingerprint density at radius 3 is 2.41 bits per heavy atom. The number of piperidine rings is 1. The lowest BCUT2D eigenvalue weighted by Crippen LogP contribution is -2.57. The normalized spacial score (nSPS) is 22.4. The molecule has 174 valence electrons. The van der Waals surface area contributed by atoms with Crippen LogP contribution in [0.3, 0.4) is 0 Å². The topological polar surface area (TPSA) is 101 Å². The monoisotopic (exact) mass is 459 g/mol. The zero-order chi connectivity index (χ0) is 23.8. The molecule has 8 nitrogen and oxygen atoms in total. The van der Waals surface area contributed by atoms with Crippen LogP contribution in [0, 0.1) is 0 Å². The Morgan fingerprint density at radius 1 is 1.09 bits per heavy atom. The van der Waals surface area contributed by atoms with Crippen molar-refractivity contribution in [1.82, 2.24) is 10.2 Å². The quantitative estimate of drug-likeness (QED) is 0.449. The fourth-order valence-electron chi connectivity index (χ4n) is 5.18. The maximum atomic E-state index is 13.5. The predicted molar refractivity (Wildman–Crippen MR) is 125 cm³/mol. The third kappa shape index (κ3) is 3.95. The maximum absolute atomic E-state index is 13.5. The Kier molecular flexibility index (Phi) is 5.63. The molecule has 34 heavy (non-hydrogen) atoms. The Balaban J connectivity index is 1.31. The molecule has 1 unspecified atom stereocenters. The van der Waals surface area contributed by atoms with Gasteiger partial charge in [-0.1, -0.05) is 48.5 Å². The van der Waals surface area contributed by atoms with Gasteiger partial charge in [0, 0.05) is 23.7 Å². The second-order valence-corrected chi connectivity index (χ2v) is 9.31. The summed E-state index contributed by atoms with van der Waals surface area (Å²) in [5.74, 6) is -0.445. The van der Waals surface area contributed by atoms with Crippen LogP contribution in [-0.4, -0.2) is 64.4 Å². The number of quaternary nitrogens is 1. The van der Waals surface area contributed by atoms with E-state index in [0.29, 0.717) is 34.4 Å². The number of carbonyl (C=O) groups excluding carboxylic acids is 2. The number of aliphatic hydroxyl groups is 1. The number of nitrogens with one attached hydrogen (secondary N) is 1. The van der Waals surface area contributed by atoms with E-state index in [0.717, 1.165) is 24.1 Å². The number of anilines is 1. The fourth-order valence-corrected chi connectivity index (χ4v) is 5.18. The number of carbonyl (C=O) groups is 2. The summed E-state index contributed by atoms with van der Waals surface area (Å²) in [7, 11) is 1.98. The van der Waals surface area contributed by atoms with Crippen molar-refractivity contribution in [1.29, 1.82) is 0 Å². The number of ether oxygens (including phenoxy) is 1. The molecule has 8 heteroatoms. The van der Waals surface area contributed by atoms with E-state index in [1.807, 2.05) is 43.4 Å². The van der Waals surface area contributed by atoms with Crippen molar-refractivity contribution in [2.75, 3.05) is 32.0 Å². The van der Waals surface area contributed by atoms with Gasteiger partial charge < -0.3 is 19.6 Å². The third-order valence-corrected chi connectivity index (χ3v) is 6.73. The number of aromatic nitrogens is 2. The van der Waals surface area contributed by atoms with Gasteiger partial charge in [-0.15, -0.1) is 5.10 Å². The van der Waals surface area contributed by atoms with Gasteiger partial charge in [0.05, 0.1) is 13.6 Å². The SMILES string of the molecule is C[N+]1(CC(=O)Nc2cccnn2)CCC[C@@H](OC(=O)C2(O)c3ccccc3-c3ccccc32)C1. The van der Waals surface area contributed by atoms with Crippen molar-refractivity contribution < 1.29 is 23.9 Å². The first kappa shape index (κ1) is 22.2. The van der Waals surface area contributed by atoms with Crippen LogP contribution in [-0.2, 0) is 19.9 Å². The van der Waals surface area contributed by atoms with Crippen LogP contribution in [0.5, 0.6) is 0 Å². The Labute approximate surface area is 197 Å². The standard InChI is InChI=1S/C26H26N4O4/c1-30(17-24(31)28-23-13-6-14-27-29-23)15-7-8-18(16-30)34-25(32)26(33)21-11-4-2-9-19(21)20-10-3-5-12-22(20)26/h2-6,9-14,18,33H,7-8,15-17H2,1H3/p+1/t18-,30?/m1/s1. The molecule has 2 atom stereocenters. The van der Waals surface area contributed by atoms with E-state index in [4.69, 9.17) is 4.74 Å². The highest BCUT2D eigenvalue weighted by Crippen LogP contribution is 2.48. The largest absolute Gasteiger partial charge is 0.454 e. The van der Waals surface area contributed by atoms with Crippen LogP contribution in [0.2, 0.25) is 0 Å². The molecular weight excluding hydrogens is 432 g/mol. The number of hydrogen-bond donors (Lipinski definition) is 2. The number of benzene rings is 2. The molecule has 2 aromatic carbocycles. The minimum atomic E-state index is -1.85. The lowest BCUT2D eigenvalue weighted by Gasteiger charge is -2.40. The van der Waals surface area contributed by atoms with Gasteiger partial charge in [-0.05, 0) is 29.7 Å². The molecule has 0 saturated carbocycles. The highest BCUT2D eigenvalue weighted by Gasteiger charge is 2.50. The van der Waals surface area contributed by atoms with Crippen LogP contribution in [0.15, 0.2) is 66.9 Å². The van der Waals surface area contributed by atoms with E-state index in [-0.39, 0.29) is 12.5 Å². The molecular formula is C26H27N4O4+. The van der Waals surface area contributed by atoms with Gasteiger partial charge in [-0.2, -0.15) is 5.10 Å². The van der Waals surface area contributed by atoms with Gasteiger partial charge in [-0.3, -0.25) is 4.79 Å². The summed E-state index contributed by atoms with van der Waals surface area (Å²) in [6, 6.07) is 18.2. The highest BCUT2D eigenvalue weighted by molar-refractivity contribution is 5.96. The molecule has 1 aromatic heterocycles. The number of hydrogen-bond acceptors (Lipinski definition) is 6. The molecule has 1 aliphatic carbocycles. The summed E-state index contributed by atoms with van der Waals surface area (Å²) < 4.78 is 6.35. The molecule has 2 N–H and O–H groups in total. The first-order valence-corrected chi connectivity index (χ1v) is 11.4. The maximum Gasteiger partial charge on any atom is 0.348 e. The van der Waals surface area contributed by atoms with Gasteiger partial charge in [0.15, 0.2) is 18.5 Å². The third-order valence-electron chi connectivity index (χ3n) is 6.73.